The second-order valence-corrected chi connectivity index (χ2v) is 6.74. The van der Waals surface area contributed by atoms with Crippen molar-refractivity contribution in [1.82, 2.24) is 9.88 Å². The highest BCUT2D eigenvalue weighted by atomic mass is 16.2. The van der Waals surface area contributed by atoms with E-state index in [4.69, 9.17) is 0 Å². The fourth-order valence-corrected chi connectivity index (χ4v) is 3.18. The third-order valence-corrected chi connectivity index (χ3v) is 4.71. The van der Waals surface area contributed by atoms with E-state index < -0.39 is 0 Å². The summed E-state index contributed by atoms with van der Waals surface area (Å²) in [5, 5.41) is 7.01. The van der Waals surface area contributed by atoms with Gasteiger partial charge < -0.3 is 15.2 Å². The molecule has 0 spiro atoms. The SMILES string of the molecule is CCC(=O)Nc1ccc(C(C)NC(=O)Cn2c(C)cc3ccccc32)cc1. The number of carbonyl (C=O) groups excluding carboxylic acids is 2. The number of para-hydroxylation sites is 1. The maximum Gasteiger partial charge on any atom is 0.240 e. The summed E-state index contributed by atoms with van der Waals surface area (Å²) in [6, 6.07) is 17.6. The number of hydrogen-bond donors (Lipinski definition) is 2. The third-order valence-electron chi connectivity index (χ3n) is 4.71. The second-order valence-electron chi connectivity index (χ2n) is 6.74. The average Bonchev–Trinajstić information content (AvgIpc) is 2.97. The highest BCUT2D eigenvalue weighted by Crippen LogP contribution is 2.20. The Morgan fingerprint density at radius 1 is 1.04 bits per heavy atom. The number of benzene rings is 2. The molecule has 3 rings (SSSR count). The van der Waals surface area contributed by atoms with Crippen LogP contribution in [-0.4, -0.2) is 16.4 Å². The minimum atomic E-state index is -0.115. The minimum absolute atomic E-state index is 0.0154. The lowest BCUT2D eigenvalue weighted by Gasteiger charge is -2.16. The summed E-state index contributed by atoms with van der Waals surface area (Å²) in [6.45, 7) is 6.07. The van der Waals surface area contributed by atoms with Crippen molar-refractivity contribution in [3.8, 4) is 0 Å². The van der Waals surface area contributed by atoms with Gasteiger partial charge in [0.05, 0.1) is 6.04 Å². The molecule has 1 heterocycles. The first-order valence-electron chi connectivity index (χ1n) is 9.22. The van der Waals surface area contributed by atoms with Crippen molar-refractivity contribution in [2.75, 3.05) is 5.32 Å². The molecule has 0 bridgehead atoms. The number of nitrogens with zero attached hydrogens (tertiary/aromatic N) is 1. The summed E-state index contributed by atoms with van der Waals surface area (Å²) in [6.07, 6.45) is 0.446. The van der Waals surface area contributed by atoms with Gasteiger partial charge in [-0.2, -0.15) is 0 Å². The zero-order valence-corrected chi connectivity index (χ0v) is 16.0. The van der Waals surface area contributed by atoms with Crippen LogP contribution in [-0.2, 0) is 16.1 Å². The number of carbonyl (C=O) groups is 2. The monoisotopic (exact) mass is 363 g/mol. The van der Waals surface area contributed by atoms with Crippen molar-refractivity contribution in [3.05, 3.63) is 65.9 Å². The highest BCUT2D eigenvalue weighted by Gasteiger charge is 2.13. The molecule has 27 heavy (non-hydrogen) atoms. The first kappa shape index (κ1) is 18.7. The first-order valence-corrected chi connectivity index (χ1v) is 9.22. The van der Waals surface area contributed by atoms with Gasteiger partial charge in [0.25, 0.3) is 0 Å². The largest absolute Gasteiger partial charge is 0.348 e. The zero-order valence-electron chi connectivity index (χ0n) is 16.0. The maximum atomic E-state index is 12.6. The van der Waals surface area contributed by atoms with E-state index in [0.717, 1.165) is 27.8 Å². The molecule has 5 heteroatoms. The number of fused-ring (bicyclic) bond motifs is 1. The topological polar surface area (TPSA) is 63.1 Å². The standard InChI is InChI=1S/C22H25N3O2/c1-4-21(26)24-19-11-9-17(10-12-19)16(3)23-22(27)14-25-15(2)13-18-7-5-6-8-20(18)25/h5-13,16H,4,14H2,1-3H3,(H,23,27)(H,24,26). The number of rotatable bonds is 6. The molecule has 1 aromatic heterocycles. The lowest BCUT2D eigenvalue weighted by atomic mass is 10.1. The van der Waals surface area contributed by atoms with Gasteiger partial charge in [-0.15, -0.1) is 0 Å². The Labute approximate surface area is 159 Å². The van der Waals surface area contributed by atoms with Crippen LogP contribution in [0.3, 0.4) is 0 Å². The number of aryl methyl sites for hydroxylation is 1. The molecule has 0 saturated heterocycles. The van der Waals surface area contributed by atoms with Crippen molar-refractivity contribution in [2.45, 2.75) is 39.8 Å². The van der Waals surface area contributed by atoms with Crippen LogP contribution < -0.4 is 10.6 Å². The Morgan fingerprint density at radius 2 is 1.74 bits per heavy atom. The molecular formula is C22H25N3O2. The fraction of sp³-hybridized carbons (Fsp3) is 0.273. The molecule has 2 amide bonds. The Balaban J connectivity index is 1.65. The van der Waals surface area contributed by atoms with E-state index in [1.165, 1.54) is 0 Å². The summed E-state index contributed by atoms with van der Waals surface area (Å²) in [7, 11) is 0. The number of nitrogens with one attached hydrogen (secondary N) is 2. The lowest BCUT2D eigenvalue weighted by Crippen LogP contribution is -2.30. The summed E-state index contributed by atoms with van der Waals surface area (Å²) in [5.74, 6) is -0.0475. The van der Waals surface area contributed by atoms with Gasteiger partial charge >= 0.3 is 0 Å². The normalized spacial score (nSPS) is 12.0. The lowest BCUT2D eigenvalue weighted by molar-refractivity contribution is -0.122. The molecular weight excluding hydrogens is 338 g/mol. The van der Waals surface area contributed by atoms with E-state index in [2.05, 4.69) is 22.8 Å². The zero-order chi connectivity index (χ0) is 19.4. The van der Waals surface area contributed by atoms with Gasteiger partial charge in [-0.25, -0.2) is 0 Å². The number of hydrogen-bond acceptors (Lipinski definition) is 2. The Kier molecular flexibility index (Phi) is 5.60. The Bertz CT molecular complexity index is 957. The van der Waals surface area contributed by atoms with Gasteiger partial charge in [-0.1, -0.05) is 37.3 Å². The number of amides is 2. The van der Waals surface area contributed by atoms with E-state index in [-0.39, 0.29) is 24.4 Å². The maximum absolute atomic E-state index is 12.6. The van der Waals surface area contributed by atoms with Crippen LogP contribution >= 0.6 is 0 Å². The van der Waals surface area contributed by atoms with Crippen molar-refractivity contribution in [3.63, 3.8) is 0 Å². The van der Waals surface area contributed by atoms with Crippen LogP contribution in [0.1, 0.15) is 37.6 Å². The summed E-state index contributed by atoms with van der Waals surface area (Å²) < 4.78 is 2.03. The molecule has 3 aromatic rings. The molecule has 1 atom stereocenters. The van der Waals surface area contributed by atoms with Gasteiger partial charge in [-0.05, 0) is 49.1 Å². The molecule has 2 aromatic carbocycles. The van der Waals surface area contributed by atoms with E-state index >= 15 is 0 Å². The van der Waals surface area contributed by atoms with Gasteiger partial charge in [0.1, 0.15) is 6.54 Å². The molecule has 0 saturated carbocycles. The molecule has 0 aliphatic carbocycles. The molecule has 1 unspecified atom stereocenters. The summed E-state index contributed by atoms with van der Waals surface area (Å²) in [5.41, 5.74) is 3.88. The second kappa shape index (κ2) is 8.08. The highest BCUT2D eigenvalue weighted by molar-refractivity contribution is 5.90. The molecule has 0 aliphatic heterocycles. The molecule has 140 valence electrons. The molecule has 2 N–H and O–H groups in total. The van der Waals surface area contributed by atoms with Crippen LogP contribution in [0.25, 0.3) is 10.9 Å². The molecule has 5 nitrogen and oxygen atoms in total. The van der Waals surface area contributed by atoms with Crippen molar-refractivity contribution in [1.29, 1.82) is 0 Å². The van der Waals surface area contributed by atoms with Gasteiger partial charge in [-0.3, -0.25) is 9.59 Å². The van der Waals surface area contributed by atoms with Crippen molar-refractivity contribution in [2.24, 2.45) is 0 Å². The predicted octanol–water partition coefficient (Wildman–Crippen LogP) is 4.18. The van der Waals surface area contributed by atoms with Gasteiger partial charge in [0, 0.05) is 23.3 Å². The van der Waals surface area contributed by atoms with Gasteiger partial charge in [0.15, 0.2) is 0 Å². The predicted molar refractivity (Wildman–Crippen MR) is 109 cm³/mol. The Morgan fingerprint density at radius 3 is 2.44 bits per heavy atom. The van der Waals surface area contributed by atoms with Crippen LogP contribution in [0, 0.1) is 6.92 Å². The average molecular weight is 363 g/mol. The third kappa shape index (κ3) is 4.37. The smallest absolute Gasteiger partial charge is 0.240 e. The van der Waals surface area contributed by atoms with E-state index in [1.54, 1.807) is 0 Å². The Hall–Kier alpha value is -3.08. The van der Waals surface area contributed by atoms with Crippen molar-refractivity contribution < 1.29 is 9.59 Å². The number of anilines is 1. The van der Waals surface area contributed by atoms with E-state index in [9.17, 15) is 9.59 Å². The van der Waals surface area contributed by atoms with Crippen LogP contribution in [0.5, 0.6) is 0 Å². The van der Waals surface area contributed by atoms with Crippen LogP contribution in [0.4, 0.5) is 5.69 Å². The fourth-order valence-electron chi connectivity index (χ4n) is 3.18. The van der Waals surface area contributed by atoms with Crippen molar-refractivity contribution >= 4 is 28.4 Å². The molecule has 0 fully saturated rings. The quantitative estimate of drug-likeness (QED) is 0.690. The molecule has 0 aliphatic rings. The summed E-state index contributed by atoms with van der Waals surface area (Å²) >= 11 is 0. The first-order chi connectivity index (χ1) is 13.0. The van der Waals surface area contributed by atoms with Crippen LogP contribution in [0.2, 0.25) is 0 Å². The number of aromatic nitrogens is 1. The van der Waals surface area contributed by atoms with E-state index in [1.807, 2.05) is 67.8 Å². The summed E-state index contributed by atoms with van der Waals surface area (Å²) in [4.78, 5) is 24.0. The van der Waals surface area contributed by atoms with Crippen LogP contribution in [0.15, 0.2) is 54.6 Å². The molecule has 0 radical (unpaired) electrons. The minimum Gasteiger partial charge on any atom is -0.348 e. The van der Waals surface area contributed by atoms with E-state index in [0.29, 0.717) is 6.42 Å². The van der Waals surface area contributed by atoms with Gasteiger partial charge in [0.2, 0.25) is 11.8 Å².